The molecule has 0 aliphatic heterocycles. The lowest BCUT2D eigenvalue weighted by atomic mass is 9.98. The van der Waals surface area contributed by atoms with Gasteiger partial charge in [0.05, 0.1) is 0 Å². The third kappa shape index (κ3) is 7.90. The highest BCUT2D eigenvalue weighted by atomic mass is 17.2. The van der Waals surface area contributed by atoms with Crippen molar-refractivity contribution >= 4 is 7.85 Å². The van der Waals surface area contributed by atoms with Crippen LogP contribution in [0.4, 0.5) is 0 Å². The fourth-order valence-corrected chi connectivity index (χ4v) is 0.186. The van der Waals surface area contributed by atoms with Gasteiger partial charge in [-0.15, -0.1) is 0 Å². The third-order valence-electron chi connectivity index (χ3n) is 0.414. The molecule has 0 saturated carbocycles. The van der Waals surface area contributed by atoms with Gasteiger partial charge in [-0.3, -0.25) is 0 Å². The molecule has 0 bridgehead atoms. The van der Waals surface area contributed by atoms with E-state index in [4.69, 9.17) is 18.1 Å². The summed E-state index contributed by atoms with van der Waals surface area (Å²) >= 11 is 0. The minimum absolute atomic E-state index is 1.18. The largest absolute Gasteiger partial charge is 0.372 e. The van der Waals surface area contributed by atoms with Crippen LogP contribution in [-0.2, 0) is 9.78 Å². The van der Waals surface area contributed by atoms with Gasteiger partial charge >= 0.3 is 0 Å². The summed E-state index contributed by atoms with van der Waals surface area (Å²) in [5, 5.41) is 17.6. The lowest BCUT2D eigenvalue weighted by Crippen LogP contribution is -2.34. The van der Waals surface area contributed by atoms with E-state index >= 15 is 0 Å². The summed E-state index contributed by atoms with van der Waals surface area (Å²) in [5.74, 6) is -1.46. The minimum Gasteiger partial charge on any atom is -0.372 e. The molecule has 0 aromatic rings. The zero-order valence-corrected chi connectivity index (χ0v) is 6.29. The Bertz CT molecular complexity index is 87.2. The van der Waals surface area contributed by atoms with Crippen molar-refractivity contribution in [3.8, 4) is 0 Å². The summed E-state index contributed by atoms with van der Waals surface area (Å²) in [5.41, 5.74) is -1.87. The molecule has 0 aliphatic carbocycles. The van der Waals surface area contributed by atoms with E-state index < -0.39 is 11.5 Å². The van der Waals surface area contributed by atoms with Crippen LogP contribution < -0.4 is 0 Å². The fraction of sp³-hybridized carbons (Fsp3) is 1.00. The van der Waals surface area contributed by atoms with E-state index in [1.807, 2.05) is 0 Å². The second-order valence-electron chi connectivity index (χ2n) is 2.67. The van der Waals surface area contributed by atoms with Gasteiger partial charge in [0.15, 0.2) is 13.6 Å². The van der Waals surface area contributed by atoms with Gasteiger partial charge in [-0.1, -0.05) is 0 Å². The van der Waals surface area contributed by atoms with Gasteiger partial charge in [-0.25, -0.2) is 4.89 Å². The second kappa shape index (κ2) is 2.88. The van der Waals surface area contributed by atoms with Crippen molar-refractivity contribution in [2.24, 2.45) is 0 Å². The Kier molecular flexibility index (Phi) is 2.85. The maximum Gasteiger partial charge on any atom is 0.193 e. The predicted molar refractivity (Wildman–Crippen MR) is 34.8 cm³/mol. The van der Waals surface area contributed by atoms with Gasteiger partial charge in [0.25, 0.3) is 0 Å². The Morgan fingerprint density at radius 1 is 1.10 bits per heavy atom. The molecule has 5 heteroatoms. The van der Waals surface area contributed by atoms with E-state index in [1.54, 1.807) is 0 Å². The molecule has 0 spiro atoms. The topological polar surface area (TPSA) is 58.9 Å². The Labute approximate surface area is 61.1 Å². The van der Waals surface area contributed by atoms with E-state index in [9.17, 15) is 0 Å². The Morgan fingerprint density at radius 3 is 1.60 bits per heavy atom. The Morgan fingerprint density at radius 2 is 1.50 bits per heavy atom. The summed E-state index contributed by atoms with van der Waals surface area (Å²) in [6.07, 6.45) is 0. The molecular formula is C5H11BO4. The van der Waals surface area contributed by atoms with E-state index in [-0.39, 0.29) is 0 Å². The van der Waals surface area contributed by atoms with Gasteiger partial charge in [0.1, 0.15) is 5.69 Å². The standard InChI is InChI=1S/C5H11BO4/c1-4(2,7)9-10-5(3,6)8/h7-8H,1-3H3. The summed E-state index contributed by atoms with van der Waals surface area (Å²) < 4.78 is 0. The zero-order valence-electron chi connectivity index (χ0n) is 6.29. The molecule has 0 rings (SSSR count). The smallest absolute Gasteiger partial charge is 0.193 e. The van der Waals surface area contributed by atoms with Crippen LogP contribution in [0.25, 0.3) is 0 Å². The zero-order chi connectivity index (χ0) is 8.41. The lowest BCUT2D eigenvalue weighted by molar-refractivity contribution is -0.462. The molecule has 0 heterocycles. The normalized spacial score (nSPS) is 18.5. The van der Waals surface area contributed by atoms with Crippen LogP contribution in [0.5, 0.6) is 0 Å². The van der Waals surface area contributed by atoms with Crippen LogP contribution in [0.15, 0.2) is 0 Å². The van der Waals surface area contributed by atoms with Crippen LogP contribution in [0.3, 0.4) is 0 Å². The van der Waals surface area contributed by atoms with Crippen molar-refractivity contribution in [2.75, 3.05) is 0 Å². The molecule has 0 amide bonds. The first-order chi connectivity index (χ1) is 4.21. The second-order valence-corrected chi connectivity index (χ2v) is 2.67. The molecule has 0 fully saturated rings. The highest BCUT2D eigenvalue weighted by molar-refractivity contribution is 6.12. The first-order valence-corrected chi connectivity index (χ1v) is 2.81. The summed E-state index contributed by atoms with van der Waals surface area (Å²) in [6.45, 7) is 3.87. The molecule has 1 unspecified atom stereocenters. The van der Waals surface area contributed by atoms with Crippen molar-refractivity contribution in [3.05, 3.63) is 0 Å². The summed E-state index contributed by atoms with van der Waals surface area (Å²) in [6, 6.07) is 0. The van der Waals surface area contributed by atoms with Gasteiger partial charge in [0, 0.05) is 0 Å². The molecular weight excluding hydrogens is 135 g/mol. The monoisotopic (exact) mass is 146 g/mol. The highest BCUT2D eigenvalue weighted by Gasteiger charge is 2.20. The van der Waals surface area contributed by atoms with Crippen LogP contribution >= 0.6 is 0 Å². The minimum atomic E-state index is -1.87. The molecule has 2 radical (unpaired) electrons. The maximum absolute atomic E-state index is 8.87. The molecule has 0 aromatic heterocycles. The molecule has 10 heavy (non-hydrogen) atoms. The highest BCUT2D eigenvalue weighted by Crippen LogP contribution is 2.08. The molecule has 58 valence electrons. The quantitative estimate of drug-likeness (QED) is 0.244. The number of rotatable bonds is 3. The molecule has 0 saturated heterocycles. The number of hydrogen-bond acceptors (Lipinski definition) is 4. The fourth-order valence-electron chi connectivity index (χ4n) is 0.186. The number of hydrogen-bond donors (Lipinski definition) is 2. The average molecular weight is 146 g/mol. The maximum atomic E-state index is 8.87. The van der Waals surface area contributed by atoms with Gasteiger partial charge in [0.2, 0.25) is 0 Å². The molecule has 4 nitrogen and oxygen atoms in total. The van der Waals surface area contributed by atoms with Gasteiger partial charge in [-0.2, -0.15) is 4.89 Å². The van der Waals surface area contributed by atoms with Crippen molar-refractivity contribution in [1.82, 2.24) is 0 Å². The van der Waals surface area contributed by atoms with Crippen molar-refractivity contribution in [2.45, 2.75) is 32.2 Å². The lowest BCUT2D eigenvalue weighted by Gasteiger charge is -2.23. The summed E-state index contributed by atoms with van der Waals surface area (Å²) in [4.78, 5) is 8.45. The molecule has 0 aliphatic rings. The van der Waals surface area contributed by atoms with E-state index in [1.165, 1.54) is 20.8 Å². The van der Waals surface area contributed by atoms with Crippen LogP contribution in [0.1, 0.15) is 20.8 Å². The van der Waals surface area contributed by atoms with Crippen LogP contribution in [-0.4, -0.2) is 29.5 Å². The van der Waals surface area contributed by atoms with Gasteiger partial charge in [-0.05, 0) is 20.8 Å². The number of aliphatic hydroxyl groups is 2. The third-order valence-corrected chi connectivity index (χ3v) is 0.414. The summed E-state index contributed by atoms with van der Waals surface area (Å²) in [7, 11) is 4.94. The molecule has 2 N–H and O–H groups in total. The van der Waals surface area contributed by atoms with E-state index in [2.05, 4.69) is 9.78 Å². The molecule has 0 aromatic carbocycles. The Hall–Kier alpha value is -0.0951. The van der Waals surface area contributed by atoms with Gasteiger partial charge < -0.3 is 10.2 Å². The van der Waals surface area contributed by atoms with Crippen molar-refractivity contribution in [1.29, 1.82) is 0 Å². The van der Waals surface area contributed by atoms with E-state index in [0.717, 1.165) is 0 Å². The SMILES string of the molecule is [B]C(C)(O)OOC(C)(C)O. The van der Waals surface area contributed by atoms with Crippen molar-refractivity contribution < 1.29 is 20.0 Å². The van der Waals surface area contributed by atoms with E-state index in [0.29, 0.717) is 0 Å². The predicted octanol–water partition coefficient (Wildman–Crippen LogP) is -0.503. The molecule has 1 atom stereocenters. The first kappa shape index (κ1) is 9.90. The first-order valence-electron chi connectivity index (χ1n) is 2.81. The van der Waals surface area contributed by atoms with Crippen LogP contribution in [0, 0.1) is 0 Å². The Balaban J connectivity index is 3.56. The van der Waals surface area contributed by atoms with Crippen molar-refractivity contribution in [3.63, 3.8) is 0 Å². The van der Waals surface area contributed by atoms with Crippen LogP contribution in [0.2, 0.25) is 0 Å². The average Bonchev–Trinajstić information content (AvgIpc) is 1.57.